The first-order valence-corrected chi connectivity index (χ1v) is 9.86. The van der Waals surface area contributed by atoms with Crippen LogP contribution in [0.5, 0.6) is 11.5 Å². The molecular weight excluding hydrogens is 368 g/mol. The fourth-order valence-electron chi connectivity index (χ4n) is 2.50. The van der Waals surface area contributed by atoms with Crippen LogP contribution in [0.1, 0.15) is 25.5 Å². The van der Waals surface area contributed by atoms with E-state index < -0.39 is 22.0 Å². The summed E-state index contributed by atoms with van der Waals surface area (Å²) in [4.78, 5) is 12.4. The lowest BCUT2D eigenvalue weighted by molar-refractivity contribution is -0.123. The van der Waals surface area contributed by atoms with Crippen LogP contribution in [0.3, 0.4) is 0 Å². The highest BCUT2D eigenvalue weighted by molar-refractivity contribution is 7.89. The van der Waals surface area contributed by atoms with E-state index >= 15 is 0 Å². The fourth-order valence-corrected chi connectivity index (χ4v) is 3.72. The number of methoxy groups -OCH3 is 2. The van der Waals surface area contributed by atoms with E-state index in [2.05, 4.69) is 10.0 Å². The average molecular weight is 392 g/mol. The van der Waals surface area contributed by atoms with Crippen LogP contribution in [0.25, 0.3) is 0 Å². The van der Waals surface area contributed by atoms with Gasteiger partial charge in [0, 0.05) is 6.07 Å². The van der Waals surface area contributed by atoms with E-state index in [1.165, 1.54) is 39.3 Å². The minimum Gasteiger partial charge on any atom is -0.493 e. The molecule has 0 radical (unpaired) electrons. The molecule has 0 heterocycles. The molecule has 2 rings (SSSR count). The molecule has 0 bridgehead atoms. The van der Waals surface area contributed by atoms with Gasteiger partial charge < -0.3 is 14.8 Å². The molecule has 146 valence electrons. The smallest absolute Gasteiger partial charge is 0.241 e. The summed E-state index contributed by atoms with van der Waals surface area (Å²) < 4.78 is 37.8. The van der Waals surface area contributed by atoms with E-state index in [4.69, 9.17) is 9.47 Å². The van der Waals surface area contributed by atoms with Crippen molar-refractivity contribution in [2.75, 3.05) is 14.2 Å². The molecule has 2 atom stereocenters. The molecule has 7 nitrogen and oxygen atoms in total. The molecule has 0 aliphatic carbocycles. The van der Waals surface area contributed by atoms with Gasteiger partial charge in [0.25, 0.3) is 0 Å². The van der Waals surface area contributed by atoms with E-state index in [-0.39, 0.29) is 16.7 Å². The van der Waals surface area contributed by atoms with Crippen LogP contribution in [0.15, 0.2) is 53.4 Å². The van der Waals surface area contributed by atoms with E-state index in [0.29, 0.717) is 5.75 Å². The van der Waals surface area contributed by atoms with Crippen molar-refractivity contribution in [2.45, 2.75) is 30.8 Å². The molecule has 2 aromatic rings. The van der Waals surface area contributed by atoms with Gasteiger partial charge in [-0.25, -0.2) is 8.42 Å². The monoisotopic (exact) mass is 392 g/mol. The average Bonchev–Trinajstić information content (AvgIpc) is 2.67. The molecule has 0 saturated carbocycles. The lowest BCUT2D eigenvalue weighted by atomic mass is 10.1. The highest BCUT2D eigenvalue weighted by Crippen LogP contribution is 2.29. The highest BCUT2D eigenvalue weighted by Gasteiger charge is 2.24. The molecule has 0 fully saturated rings. The van der Waals surface area contributed by atoms with Gasteiger partial charge in [-0.1, -0.05) is 30.3 Å². The summed E-state index contributed by atoms with van der Waals surface area (Å²) in [5.41, 5.74) is 0.931. The Morgan fingerprint density at radius 3 is 2.19 bits per heavy atom. The Morgan fingerprint density at radius 1 is 0.963 bits per heavy atom. The third-order valence-electron chi connectivity index (χ3n) is 4.05. The van der Waals surface area contributed by atoms with Crippen molar-refractivity contribution in [1.29, 1.82) is 0 Å². The summed E-state index contributed by atoms with van der Waals surface area (Å²) in [5.74, 6) is 0.282. The number of ether oxygens (including phenoxy) is 2. The van der Waals surface area contributed by atoms with E-state index in [0.717, 1.165) is 5.56 Å². The third-order valence-corrected chi connectivity index (χ3v) is 5.59. The fraction of sp³-hybridized carbons (Fsp3) is 0.316. The molecule has 0 aliphatic heterocycles. The SMILES string of the molecule is COc1ccc(S(=O)(=O)N[C@@H](C)C(=O)N[C@@H](C)c2ccccc2)cc1OC. The number of amides is 1. The Balaban J connectivity index is 2.09. The minimum atomic E-state index is -3.91. The van der Waals surface area contributed by atoms with Crippen molar-refractivity contribution in [1.82, 2.24) is 10.0 Å². The van der Waals surface area contributed by atoms with Crippen molar-refractivity contribution in [3.05, 3.63) is 54.1 Å². The molecule has 2 aromatic carbocycles. The summed E-state index contributed by atoms with van der Waals surface area (Å²) in [6, 6.07) is 12.5. The second-order valence-corrected chi connectivity index (χ2v) is 7.71. The number of hydrogen-bond donors (Lipinski definition) is 2. The summed E-state index contributed by atoms with van der Waals surface area (Å²) in [6.45, 7) is 3.33. The molecular formula is C19H24N2O5S. The molecule has 0 saturated heterocycles. The number of nitrogens with one attached hydrogen (secondary N) is 2. The standard InChI is InChI=1S/C19H24N2O5S/c1-13(15-8-6-5-7-9-15)20-19(22)14(2)21-27(23,24)16-10-11-17(25-3)18(12-16)26-4/h5-14,21H,1-4H3,(H,20,22)/t13-,14-/m0/s1. The van der Waals surface area contributed by atoms with Crippen LogP contribution in [-0.2, 0) is 14.8 Å². The van der Waals surface area contributed by atoms with Gasteiger partial charge in [-0.15, -0.1) is 0 Å². The van der Waals surface area contributed by atoms with Gasteiger partial charge in [0.1, 0.15) is 0 Å². The predicted octanol–water partition coefficient (Wildman–Crippen LogP) is 2.25. The highest BCUT2D eigenvalue weighted by atomic mass is 32.2. The van der Waals surface area contributed by atoms with Gasteiger partial charge in [0.15, 0.2) is 11.5 Å². The third kappa shape index (κ3) is 5.21. The van der Waals surface area contributed by atoms with Crippen molar-refractivity contribution < 1.29 is 22.7 Å². The molecule has 0 spiro atoms. The maximum Gasteiger partial charge on any atom is 0.241 e. The second kappa shape index (κ2) is 8.88. The second-order valence-electron chi connectivity index (χ2n) is 6.00. The van der Waals surface area contributed by atoms with Crippen LogP contribution in [0, 0.1) is 0 Å². The van der Waals surface area contributed by atoms with Gasteiger partial charge in [-0.05, 0) is 31.5 Å². The van der Waals surface area contributed by atoms with Crippen LogP contribution < -0.4 is 19.5 Å². The van der Waals surface area contributed by atoms with Gasteiger partial charge >= 0.3 is 0 Å². The van der Waals surface area contributed by atoms with E-state index in [1.54, 1.807) is 0 Å². The van der Waals surface area contributed by atoms with Crippen molar-refractivity contribution in [2.24, 2.45) is 0 Å². The van der Waals surface area contributed by atoms with E-state index in [1.807, 2.05) is 37.3 Å². The number of benzene rings is 2. The lowest BCUT2D eigenvalue weighted by Gasteiger charge is -2.19. The Kier molecular flexibility index (Phi) is 6.81. The topological polar surface area (TPSA) is 93.7 Å². The number of carbonyl (C=O) groups is 1. The quantitative estimate of drug-likeness (QED) is 0.719. The molecule has 1 amide bonds. The van der Waals surface area contributed by atoms with Crippen LogP contribution in [0.4, 0.5) is 0 Å². The zero-order valence-electron chi connectivity index (χ0n) is 15.7. The van der Waals surface area contributed by atoms with Gasteiger partial charge in [-0.2, -0.15) is 4.72 Å². The molecule has 0 unspecified atom stereocenters. The molecule has 27 heavy (non-hydrogen) atoms. The molecule has 8 heteroatoms. The van der Waals surface area contributed by atoms with Gasteiger partial charge in [0.05, 0.1) is 31.2 Å². The first kappa shape index (κ1) is 20.7. The Morgan fingerprint density at radius 2 is 1.59 bits per heavy atom. The zero-order valence-corrected chi connectivity index (χ0v) is 16.5. The largest absolute Gasteiger partial charge is 0.493 e. The molecule has 0 aliphatic rings. The maximum atomic E-state index is 12.6. The minimum absolute atomic E-state index is 0.0177. The normalized spacial score (nSPS) is 13.5. The van der Waals surface area contributed by atoms with E-state index in [9.17, 15) is 13.2 Å². The van der Waals surface area contributed by atoms with Crippen molar-refractivity contribution >= 4 is 15.9 Å². The number of carbonyl (C=O) groups excluding carboxylic acids is 1. The summed E-state index contributed by atoms with van der Waals surface area (Å²) in [6.07, 6.45) is 0. The first-order valence-electron chi connectivity index (χ1n) is 8.38. The summed E-state index contributed by atoms with van der Waals surface area (Å²) >= 11 is 0. The Labute approximate surface area is 159 Å². The maximum absolute atomic E-state index is 12.6. The molecule has 2 N–H and O–H groups in total. The van der Waals surface area contributed by atoms with Crippen LogP contribution in [-0.4, -0.2) is 34.6 Å². The van der Waals surface area contributed by atoms with Crippen LogP contribution in [0.2, 0.25) is 0 Å². The van der Waals surface area contributed by atoms with Crippen LogP contribution >= 0.6 is 0 Å². The zero-order chi connectivity index (χ0) is 20.0. The van der Waals surface area contributed by atoms with Gasteiger partial charge in [-0.3, -0.25) is 4.79 Å². The van der Waals surface area contributed by atoms with Gasteiger partial charge in [0.2, 0.25) is 15.9 Å². The molecule has 0 aromatic heterocycles. The first-order chi connectivity index (χ1) is 12.8. The Hall–Kier alpha value is -2.58. The lowest BCUT2D eigenvalue weighted by Crippen LogP contribution is -2.45. The Bertz CT molecular complexity index is 884. The summed E-state index contributed by atoms with van der Waals surface area (Å²) in [7, 11) is -1.03. The van der Waals surface area contributed by atoms with Crippen molar-refractivity contribution in [3.8, 4) is 11.5 Å². The number of rotatable bonds is 8. The number of hydrogen-bond acceptors (Lipinski definition) is 5. The summed E-state index contributed by atoms with van der Waals surface area (Å²) in [5, 5.41) is 2.80. The predicted molar refractivity (Wildman–Crippen MR) is 102 cm³/mol. The number of sulfonamides is 1. The van der Waals surface area contributed by atoms with Crippen molar-refractivity contribution in [3.63, 3.8) is 0 Å².